The standard InChI is InChI=1S/C18H20BrFN2O2/c1-10-16(11(2)24-22-10)9-18(23)21-17(5-12-3-4-12)13-6-14(19)8-15(20)7-13/h6-8,12,17H,3-5,9H2,1-2H3,(H,21,23). The highest BCUT2D eigenvalue weighted by Crippen LogP contribution is 2.38. The highest BCUT2D eigenvalue weighted by molar-refractivity contribution is 9.10. The molecule has 2 aromatic rings. The van der Waals surface area contributed by atoms with E-state index < -0.39 is 0 Å². The van der Waals surface area contributed by atoms with E-state index in [-0.39, 0.29) is 24.2 Å². The third kappa shape index (κ3) is 4.23. The largest absolute Gasteiger partial charge is 0.361 e. The van der Waals surface area contributed by atoms with E-state index in [2.05, 4.69) is 26.4 Å². The summed E-state index contributed by atoms with van der Waals surface area (Å²) < 4.78 is 19.5. The van der Waals surface area contributed by atoms with Crippen molar-refractivity contribution in [1.82, 2.24) is 10.5 Å². The quantitative estimate of drug-likeness (QED) is 0.789. The minimum atomic E-state index is -0.305. The van der Waals surface area contributed by atoms with Crippen LogP contribution in [0.4, 0.5) is 4.39 Å². The van der Waals surface area contributed by atoms with Crippen molar-refractivity contribution in [2.45, 2.75) is 45.6 Å². The molecule has 1 fully saturated rings. The van der Waals surface area contributed by atoms with Crippen LogP contribution in [0.2, 0.25) is 0 Å². The molecule has 1 unspecified atom stereocenters. The molecule has 1 N–H and O–H groups in total. The fraction of sp³-hybridized carbons (Fsp3) is 0.444. The number of hydrogen-bond acceptors (Lipinski definition) is 3. The van der Waals surface area contributed by atoms with Gasteiger partial charge in [0, 0.05) is 10.0 Å². The maximum Gasteiger partial charge on any atom is 0.225 e. The fourth-order valence-corrected chi connectivity index (χ4v) is 3.38. The molecule has 6 heteroatoms. The Morgan fingerprint density at radius 2 is 2.17 bits per heavy atom. The predicted octanol–water partition coefficient (Wildman–Crippen LogP) is 4.39. The minimum absolute atomic E-state index is 0.101. The fourth-order valence-electron chi connectivity index (χ4n) is 2.90. The van der Waals surface area contributed by atoms with Crippen LogP contribution < -0.4 is 5.32 Å². The van der Waals surface area contributed by atoms with Crippen LogP contribution in [-0.2, 0) is 11.2 Å². The predicted molar refractivity (Wildman–Crippen MR) is 92.0 cm³/mol. The van der Waals surface area contributed by atoms with Crippen molar-refractivity contribution in [3.8, 4) is 0 Å². The second kappa shape index (κ2) is 7.05. The van der Waals surface area contributed by atoms with Crippen molar-refractivity contribution in [3.63, 3.8) is 0 Å². The van der Waals surface area contributed by atoms with Gasteiger partial charge in [-0.1, -0.05) is 33.9 Å². The van der Waals surface area contributed by atoms with Crippen molar-refractivity contribution in [2.75, 3.05) is 0 Å². The van der Waals surface area contributed by atoms with Gasteiger partial charge in [-0.15, -0.1) is 0 Å². The highest BCUT2D eigenvalue weighted by Gasteiger charge is 2.28. The van der Waals surface area contributed by atoms with Crippen molar-refractivity contribution < 1.29 is 13.7 Å². The third-order valence-corrected chi connectivity index (χ3v) is 4.86. The van der Waals surface area contributed by atoms with E-state index in [1.807, 2.05) is 13.0 Å². The molecule has 0 spiro atoms. The lowest BCUT2D eigenvalue weighted by molar-refractivity contribution is -0.121. The summed E-state index contributed by atoms with van der Waals surface area (Å²) in [5.41, 5.74) is 2.34. The molecule has 1 aromatic heterocycles. The van der Waals surface area contributed by atoms with Gasteiger partial charge in [-0.05, 0) is 49.9 Å². The number of aryl methyl sites for hydroxylation is 2. The molecule has 1 heterocycles. The maximum atomic E-state index is 13.7. The topological polar surface area (TPSA) is 55.1 Å². The summed E-state index contributed by atoms with van der Waals surface area (Å²) in [5.74, 6) is 0.863. The lowest BCUT2D eigenvalue weighted by Crippen LogP contribution is -2.30. The second-order valence-electron chi connectivity index (χ2n) is 6.48. The lowest BCUT2D eigenvalue weighted by Gasteiger charge is -2.20. The molecule has 1 aliphatic carbocycles. The Hall–Kier alpha value is -1.69. The maximum absolute atomic E-state index is 13.7. The van der Waals surface area contributed by atoms with Crippen molar-refractivity contribution in [2.24, 2.45) is 5.92 Å². The SMILES string of the molecule is Cc1noc(C)c1CC(=O)NC(CC1CC1)c1cc(F)cc(Br)c1. The van der Waals surface area contributed by atoms with Crippen LogP contribution >= 0.6 is 15.9 Å². The molecule has 24 heavy (non-hydrogen) atoms. The molecule has 0 saturated heterocycles. The van der Waals surface area contributed by atoms with Crippen LogP contribution in [0.3, 0.4) is 0 Å². The molecule has 1 aromatic carbocycles. The van der Waals surface area contributed by atoms with Crippen LogP contribution in [0.15, 0.2) is 27.2 Å². The van der Waals surface area contributed by atoms with Crippen LogP contribution in [0.1, 0.15) is 47.9 Å². The Kier molecular flexibility index (Phi) is 5.04. The lowest BCUT2D eigenvalue weighted by atomic mass is 10.00. The first-order valence-corrected chi connectivity index (χ1v) is 8.88. The van der Waals surface area contributed by atoms with Gasteiger partial charge in [0.25, 0.3) is 0 Å². The number of nitrogens with one attached hydrogen (secondary N) is 1. The first-order valence-electron chi connectivity index (χ1n) is 8.09. The van der Waals surface area contributed by atoms with Gasteiger partial charge in [-0.25, -0.2) is 4.39 Å². The van der Waals surface area contributed by atoms with E-state index in [1.165, 1.54) is 25.0 Å². The Balaban J connectivity index is 1.75. The van der Waals surface area contributed by atoms with Gasteiger partial charge in [0.1, 0.15) is 11.6 Å². The van der Waals surface area contributed by atoms with E-state index in [0.29, 0.717) is 16.2 Å². The normalized spacial score (nSPS) is 15.3. The molecule has 0 aliphatic heterocycles. The average Bonchev–Trinajstić information content (AvgIpc) is 3.27. The van der Waals surface area contributed by atoms with E-state index in [9.17, 15) is 9.18 Å². The number of aromatic nitrogens is 1. The average molecular weight is 395 g/mol. The summed E-state index contributed by atoms with van der Waals surface area (Å²) in [7, 11) is 0. The minimum Gasteiger partial charge on any atom is -0.361 e. The van der Waals surface area contributed by atoms with Crippen LogP contribution in [0.25, 0.3) is 0 Å². The van der Waals surface area contributed by atoms with E-state index >= 15 is 0 Å². The van der Waals surface area contributed by atoms with Crippen LogP contribution in [0.5, 0.6) is 0 Å². The van der Waals surface area contributed by atoms with Gasteiger partial charge < -0.3 is 9.84 Å². The summed E-state index contributed by atoms with van der Waals surface area (Å²) in [6, 6.07) is 4.60. The third-order valence-electron chi connectivity index (χ3n) is 4.41. The Bertz CT molecular complexity index is 716. The second-order valence-corrected chi connectivity index (χ2v) is 7.40. The van der Waals surface area contributed by atoms with Crippen molar-refractivity contribution >= 4 is 21.8 Å². The summed E-state index contributed by atoms with van der Waals surface area (Å²) in [5, 5.41) is 6.93. The van der Waals surface area contributed by atoms with Gasteiger partial charge in [-0.3, -0.25) is 4.79 Å². The van der Waals surface area contributed by atoms with E-state index in [1.54, 1.807) is 6.92 Å². The highest BCUT2D eigenvalue weighted by atomic mass is 79.9. The van der Waals surface area contributed by atoms with Gasteiger partial charge in [0.15, 0.2) is 0 Å². The number of carbonyl (C=O) groups excluding carboxylic acids is 1. The molecular weight excluding hydrogens is 375 g/mol. The summed E-state index contributed by atoms with van der Waals surface area (Å²) in [6.45, 7) is 3.62. The molecule has 4 nitrogen and oxygen atoms in total. The van der Waals surface area contributed by atoms with Crippen LogP contribution in [-0.4, -0.2) is 11.1 Å². The Morgan fingerprint density at radius 1 is 1.42 bits per heavy atom. The number of nitrogens with zero attached hydrogens (tertiary/aromatic N) is 1. The summed E-state index contributed by atoms with van der Waals surface area (Å²) in [6.07, 6.45) is 3.40. The summed E-state index contributed by atoms with van der Waals surface area (Å²) >= 11 is 3.32. The zero-order valence-electron chi connectivity index (χ0n) is 13.7. The first-order chi connectivity index (χ1) is 11.4. The molecule has 128 valence electrons. The number of benzene rings is 1. The van der Waals surface area contributed by atoms with E-state index in [4.69, 9.17) is 4.52 Å². The zero-order valence-corrected chi connectivity index (χ0v) is 15.3. The number of halogens is 2. The first kappa shape index (κ1) is 17.1. The van der Waals surface area contributed by atoms with Gasteiger partial charge in [0.2, 0.25) is 5.91 Å². The van der Waals surface area contributed by atoms with Crippen LogP contribution in [0, 0.1) is 25.6 Å². The van der Waals surface area contributed by atoms with Crippen molar-refractivity contribution in [3.05, 3.63) is 51.1 Å². The molecule has 3 rings (SSSR count). The number of hydrogen-bond donors (Lipinski definition) is 1. The van der Waals surface area contributed by atoms with Gasteiger partial charge >= 0.3 is 0 Å². The smallest absolute Gasteiger partial charge is 0.225 e. The monoisotopic (exact) mass is 394 g/mol. The Morgan fingerprint density at radius 3 is 2.75 bits per heavy atom. The molecular formula is C18H20BrFN2O2. The number of carbonyl (C=O) groups is 1. The molecule has 1 saturated carbocycles. The molecule has 0 radical (unpaired) electrons. The summed E-state index contributed by atoms with van der Waals surface area (Å²) in [4.78, 5) is 12.5. The van der Waals surface area contributed by atoms with E-state index in [0.717, 1.165) is 23.2 Å². The molecule has 1 aliphatic rings. The van der Waals surface area contributed by atoms with Crippen molar-refractivity contribution in [1.29, 1.82) is 0 Å². The number of amides is 1. The molecule has 0 bridgehead atoms. The Labute approximate surface area is 148 Å². The molecule has 1 amide bonds. The van der Waals surface area contributed by atoms with Gasteiger partial charge in [-0.2, -0.15) is 0 Å². The van der Waals surface area contributed by atoms with Gasteiger partial charge in [0.05, 0.1) is 18.2 Å². The number of rotatable bonds is 6. The molecule has 1 atom stereocenters. The zero-order chi connectivity index (χ0) is 17.3.